The van der Waals surface area contributed by atoms with E-state index >= 15 is 0 Å². The molecule has 100 valence electrons. The van der Waals surface area contributed by atoms with Crippen molar-refractivity contribution >= 4 is 11.8 Å². The van der Waals surface area contributed by atoms with E-state index in [4.69, 9.17) is 5.73 Å². The van der Waals surface area contributed by atoms with Gasteiger partial charge < -0.3 is 10.6 Å². The van der Waals surface area contributed by atoms with Gasteiger partial charge in [-0.15, -0.1) is 0 Å². The second-order valence-electron chi connectivity index (χ2n) is 4.45. The standard InChI is InChI=1S/C11H15F3N4/c1-2-18(6-7-3-4-7)9-5-8(11(12,13)14)16-10(15)17-9/h5,7H,2-4,6H2,1H3,(H2,15,16,17). The fourth-order valence-corrected chi connectivity index (χ4v) is 1.76. The van der Waals surface area contributed by atoms with Crippen LogP contribution >= 0.6 is 0 Å². The Hall–Kier alpha value is -1.53. The number of nitrogens with two attached hydrogens (primary N) is 1. The molecule has 2 rings (SSSR count). The number of alkyl halides is 3. The van der Waals surface area contributed by atoms with Crippen LogP contribution in [0.4, 0.5) is 24.9 Å². The third-order valence-electron chi connectivity index (χ3n) is 2.90. The molecule has 7 heteroatoms. The van der Waals surface area contributed by atoms with Crippen molar-refractivity contribution in [3.63, 3.8) is 0 Å². The number of nitrogen functional groups attached to an aromatic ring is 1. The van der Waals surface area contributed by atoms with Crippen molar-refractivity contribution in [2.75, 3.05) is 23.7 Å². The summed E-state index contributed by atoms with van der Waals surface area (Å²) in [6.45, 7) is 3.21. The number of halogens is 3. The van der Waals surface area contributed by atoms with Crippen molar-refractivity contribution in [2.24, 2.45) is 5.92 Å². The third-order valence-corrected chi connectivity index (χ3v) is 2.90. The van der Waals surface area contributed by atoms with Crippen LogP contribution in [0.3, 0.4) is 0 Å². The van der Waals surface area contributed by atoms with Crippen molar-refractivity contribution in [1.29, 1.82) is 0 Å². The maximum absolute atomic E-state index is 12.6. The van der Waals surface area contributed by atoms with Crippen molar-refractivity contribution in [3.05, 3.63) is 11.8 Å². The zero-order chi connectivity index (χ0) is 13.3. The molecule has 0 unspecified atom stereocenters. The molecule has 1 fully saturated rings. The van der Waals surface area contributed by atoms with Gasteiger partial charge in [-0.2, -0.15) is 18.2 Å². The minimum atomic E-state index is -4.50. The molecular formula is C11H15F3N4. The fraction of sp³-hybridized carbons (Fsp3) is 0.636. The van der Waals surface area contributed by atoms with E-state index in [1.807, 2.05) is 11.8 Å². The molecule has 0 saturated heterocycles. The van der Waals surface area contributed by atoms with Crippen LogP contribution < -0.4 is 10.6 Å². The molecule has 0 amide bonds. The Balaban J connectivity index is 2.27. The summed E-state index contributed by atoms with van der Waals surface area (Å²) >= 11 is 0. The highest BCUT2D eigenvalue weighted by molar-refractivity contribution is 5.44. The van der Waals surface area contributed by atoms with Crippen molar-refractivity contribution in [1.82, 2.24) is 9.97 Å². The van der Waals surface area contributed by atoms with E-state index < -0.39 is 11.9 Å². The van der Waals surface area contributed by atoms with Crippen molar-refractivity contribution < 1.29 is 13.2 Å². The number of hydrogen-bond acceptors (Lipinski definition) is 4. The normalized spacial score (nSPS) is 15.8. The van der Waals surface area contributed by atoms with Crippen LogP contribution in [0.25, 0.3) is 0 Å². The zero-order valence-electron chi connectivity index (χ0n) is 10.0. The van der Waals surface area contributed by atoms with Crippen LogP contribution in [0.2, 0.25) is 0 Å². The molecule has 0 aliphatic heterocycles. The van der Waals surface area contributed by atoms with Gasteiger partial charge in [0.05, 0.1) is 0 Å². The van der Waals surface area contributed by atoms with E-state index in [9.17, 15) is 13.2 Å². The van der Waals surface area contributed by atoms with Gasteiger partial charge in [-0.25, -0.2) is 4.98 Å². The van der Waals surface area contributed by atoms with Gasteiger partial charge in [0.15, 0.2) is 5.69 Å². The summed E-state index contributed by atoms with van der Waals surface area (Å²) in [5.74, 6) is 0.480. The van der Waals surface area contributed by atoms with Crippen LogP contribution in [0, 0.1) is 5.92 Å². The summed E-state index contributed by atoms with van der Waals surface area (Å²) < 4.78 is 37.9. The van der Waals surface area contributed by atoms with E-state index in [1.54, 1.807) is 0 Å². The highest BCUT2D eigenvalue weighted by atomic mass is 19.4. The first-order chi connectivity index (χ1) is 8.40. The Morgan fingerprint density at radius 1 is 1.39 bits per heavy atom. The minimum absolute atomic E-state index is 0.254. The molecule has 4 nitrogen and oxygen atoms in total. The molecule has 18 heavy (non-hydrogen) atoms. The Morgan fingerprint density at radius 3 is 2.56 bits per heavy atom. The molecule has 1 aromatic rings. The molecule has 0 aromatic carbocycles. The van der Waals surface area contributed by atoms with Gasteiger partial charge in [-0.3, -0.25) is 0 Å². The lowest BCUT2D eigenvalue weighted by molar-refractivity contribution is -0.141. The van der Waals surface area contributed by atoms with E-state index in [2.05, 4.69) is 9.97 Å². The highest BCUT2D eigenvalue weighted by Gasteiger charge is 2.34. The lowest BCUT2D eigenvalue weighted by atomic mass is 10.3. The fourth-order valence-electron chi connectivity index (χ4n) is 1.76. The first-order valence-corrected chi connectivity index (χ1v) is 5.87. The molecule has 0 spiro atoms. The summed E-state index contributed by atoms with van der Waals surface area (Å²) in [6.07, 6.45) is -2.24. The molecule has 1 heterocycles. The SMILES string of the molecule is CCN(CC1CC1)c1cc(C(F)(F)F)nc(N)n1. The molecule has 1 aromatic heterocycles. The number of hydrogen-bond donors (Lipinski definition) is 1. The van der Waals surface area contributed by atoms with E-state index in [1.165, 1.54) is 0 Å². The average molecular weight is 260 g/mol. The second-order valence-corrected chi connectivity index (χ2v) is 4.45. The lowest BCUT2D eigenvalue weighted by Gasteiger charge is -2.22. The molecular weight excluding hydrogens is 245 g/mol. The van der Waals surface area contributed by atoms with Gasteiger partial charge in [0.2, 0.25) is 5.95 Å². The van der Waals surface area contributed by atoms with Crippen LogP contribution in [0.5, 0.6) is 0 Å². The van der Waals surface area contributed by atoms with Gasteiger partial charge in [0.1, 0.15) is 5.82 Å². The second kappa shape index (κ2) is 4.62. The van der Waals surface area contributed by atoms with E-state index in [0.29, 0.717) is 12.5 Å². The van der Waals surface area contributed by atoms with E-state index in [0.717, 1.165) is 25.5 Å². The smallest absolute Gasteiger partial charge is 0.368 e. The predicted octanol–water partition coefficient (Wildman–Crippen LogP) is 2.31. The summed E-state index contributed by atoms with van der Waals surface area (Å²) in [4.78, 5) is 8.93. The lowest BCUT2D eigenvalue weighted by Crippen LogP contribution is -2.27. The van der Waals surface area contributed by atoms with Crippen LogP contribution in [-0.2, 0) is 6.18 Å². The Kier molecular flexibility index (Phi) is 3.32. The van der Waals surface area contributed by atoms with Gasteiger partial charge >= 0.3 is 6.18 Å². The summed E-state index contributed by atoms with van der Waals surface area (Å²) in [5.41, 5.74) is 4.36. The molecule has 0 radical (unpaired) electrons. The maximum Gasteiger partial charge on any atom is 0.433 e. The minimum Gasteiger partial charge on any atom is -0.368 e. The molecule has 1 aliphatic rings. The number of aromatic nitrogens is 2. The Bertz CT molecular complexity index is 429. The molecule has 1 aliphatic carbocycles. The predicted molar refractivity (Wildman–Crippen MR) is 62.1 cm³/mol. The first kappa shape index (κ1) is 12.9. The van der Waals surface area contributed by atoms with E-state index in [-0.39, 0.29) is 11.8 Å². The number of rotatable bonds is 4. The summed E-state index contributed by atoms with van der Waals surface area (Å²) in [7, 11) is 0. The molecule has 0 bridgehead atoms. The zero-order valence-corrected chi connectivity index (χ0v) is 10.0. The summed E-state index contributed by atoms with van der Waals surface area (Å²) in [5, 5.41) is 0. The quantitative estimate of drug-likeness (QED) is 0.902. The molecule has 1 saturated carbocycles. The van der Waals surface area contributed by atoms with Gasteiger partial charge in [-0.05, 0) is 25.7 Å². The topological polar surface area (TPSA) is 55.0 Å². The number of nitrogens with zero attached hydrogens (tertiary/aromatic N) is 3. The molecule has 2 N–H and O–H groups in total. The van der Waals surface area contributed by atoms with Crippen LogP contribution in [0.15, 0.2) is 6.07 Å². The Labute approximate surface area is 103 Å². The average Bonchev–Trinajstić information content (AvgIpc) is 3.07. The summed E-state index contributed by atoms with van der Waals surface area (Å²) in [6, 6.07) is 0.961. The van der Waals surface area contributed by atoms with Gasteiger partial charge in [-0.1, -0.05) is 0 Å². The highest BCUT2D eigenvalue weighted by Crippen LogP contribution is 2.33. The van der Waals surface area contributed by atoms with Crippen LogP contribution in [0.1, 0.15) is 25.5 Å². The van der Waals surface area contributed by atoms with Crippen molar-refractivity contribution in [2.45, 2.75) is 25.9 Å². The van der Waals surface area contributed by atoms with Crippen molar-refractivity contribution in [3.8, 4) is 0 Å². The largest absolute Gasteiger partial charge is 0.433 e. The van der Waals surface area contributed by atoms with Gasteiger partial charge in [0, 0.05) is 19.2 Å². The maximum atomic E-state index is 12.6. The molecule has 0 atom stereocenters. The Morgan fingerprint density at radius 2 is 2.06 bits per heavy atom. The van der Waals surface area contributed by atoms with Gasteiger partial charge in [0.25, 0.3) is 0 Å². The number of anilines is 2. The monoisotopic (exact) mass is 260 g/mol. The van der Waals surface area contributed by atoms with Crippen LogP contribution in [-0.4, -0.2) is 23.1 Å². The third kappa shape index (κ3) is 3.02. The first-order valence-electron chi connectivity index (χ1n) is 5.87.